The van der Waals surface area contributed by atoms with Crippen LogP contribution in [0.25, 0.3) is 0 Å². The van der Waals surface area contributed by atoms with Gasteiger partial charge in [-0.2, -0.15) is 4.98 Å². The van der Waals surface area contributed by atoms with Crippen molar-refractivity contribution in [1.82, 2.24) is 15.1 Å². The molecule has 92 valence electrons. The largest absolute Gasteiger partial charge is 0.339 e. The van der Waals surface area contributed by atoms with E-state index in [0.717, 1.165) is 15.9 Å². The molecule has 0 bridgehead atoms. The lowest BCUT2D eigenvalue weighted by Crippen LogP contribution is -2.11. The Morgan fingerprint density at radius 1 is 1.35 bits per heavy atom. The molecule has 2 heterocycles. The van der Waals surface area contributed by atoms with E-state index in [1.165, 1.54) is 0 Å². The highest BCUT2D eigenvalue weighted by molar-refractivity contribution is 8.00. The van der Waals surface area contributed by atoms with E-state index in [0.29, 0.717) is 11.6 Å². The second kappa shape index (κ2) is 4.78. The van der Waals surface area contributed by atoms with E-state index in [1.807, 2.05) is 12.3 Å². The summed E-state index contributed by atoms with van der Waals surface area (Å²) >= 11 is 3.29. The lowest BCUT2D eigenvalue weighted by atomic mass is 9.97. The summed E-state index contributed by atoms with van der Waals surface area (Å²) in [5.41, 5.74) is 0.967. The minimum atomic E-state index is -0.0896. The Hall–Kier alpha value is -0.880. The molecule has 0 spiro atoms. The summed E-state index contributed by atoms with van der Waals surface area (Å²) in [7, 11) is 0. The van der Waals surface area contributed by atoms with Gasteiger partial charge in [0.1, 0.15) is 0 Å². The van der Waals surface area contributed by atoms with Crippen molar-refractivity contribution in [3.63, 3.8) is 0 Å². The molecule has 0 aromatic carbocycles. The molecule has 0 amide bonds. The molecule has 0 fully saturated rings. The van der Waals surface area contributed by atoms with Crippen molar-refractivity contribution in [3.8, 4) is 0 Å². The Labute approximate surface area is 109 Å². The molecule has 0 unspecified atom stereocenters. The van der Waals surface area contributed by atoms with E-state index in [4.69, 9.17) is 4.52 Å². The summed E-state index contributed by atoms with van der Waals surface area (Å²) in [4.78, 5) is 8.76. The van der Waals surface area contributed by atoms with Gasteiger partial charge in [-0.25, -0.2) is 4.98 Å². The molecule has 0 aliphatic carbocycles. The molecule has 4 nitrogen and oxygen atoms in total. The van der Waals surface area contributed by atoms with Crippen LogP contribution in [0.15, 0.2) is 14.2 Å². The van der Waals surface area contributed by atoms with Crippen molar-refractivity contribution in [2.24, 2.45) is 0 Å². The Bertz CT molecular complexity index is 499. The van der Waals surface area contributed by atoms with Gasteiger partial charge < -0.3 is 4.52 Å². The highest BCUT2D eigenvalue weighted by Gasteiger charge is 2.21. The quantitative estimate of drug-likeness (QED) is 0.799. The number of aryl methyl sites for hydroxylation is 1. The average Bonchev–Trinajstić information content (AvgIpc) is 2.82. The number of hydrogen-bond acceptors (Lipinski definition) is 6. The number of rotatable bonds is 3. The van der Waals surface area contributed by atoms with Crippen LogP contribution in [0.4, 0.5) is 0 Å². The van der Waals surface area contributed by atoms with Crippen LogP contribution in [0, 0.1) is 6.92 Å². The van der Waals surface area contributed by atoms with Crippen LogP contribution >= 0.6 is 23.1 Å². The zero-order chi connectivity index (χ0) is 12.5. The van der Waals surface area contributed by atoms with Crippen molar-refractivity contribution >= 4 is 23.1 Å². The fourth-order valence-corrected chi connectivity index (χ4v) is 2.83. The molecule has 0 aliphatic heterocycles. The Morgan fingerprint density at radius 3 is 2.65 bits per heavy atom. The van der Waals surface area contributed by atoms with Crippen molar-refractivity contribution < 1.29 is 4.52 Å². The van der Waals surface area contributed by atoms with Gasteiger partial charge in [-0.05, 0) is 6.92 Å². The van der Waals surface area contributed by atoms with Crippen molar-refractivity contribution in [2.75, 3.05) is 0 Å². The first-order valence-electron chi connectivity index (χ1n) is 5.33. The van der Waals surface area contributed by atoms with Gasteiger partial charge in [0, 0.05) is 16.5 Å². The van der Waals surface area contributed by atoms with E-state index in [9.17, 15) is 0 Å². The van der Waals surface area contributed by atoms with Crippen LogP contribution in [0.5, 0.6) is 0 Å². The Balaban J connectivity index is 1.98. The predicted octanol–water partition coefficient (Wildman–Crippen LogP) is 3.42. The Kier molecular flexibility index (Phi) is 3.53. The molecule has 2 rings (SSSR count). The second-order valence-electron chi connectivity index (χ2n) is 4.81. The van der Waals surface area contributed by atoms with Crippen LogP contribution in [0.1, 0.15) is 38.2 Å². The first kappa shape index (κ1) is 12.6. The first-order chi connectivity index (χ1) is 7.95. The van der Waals surface area contributed by atoms with Gasteiger partial charge in [-0.1, -0.05) is 37.7 Å². The molecule has 6 heteroatoms. The van der Waals surface area contributed by atoms with E-state index in [1.54, 1.807) is 23.1 Å². The highest BCUT2D eigenvalue weighted by Crippen LogP contribution is 2.26. The molecular formula is C11H15N3OS2. The first-order valence-corrected chi connectivity index (χ1v) is 7.19. The van der Waals surface area contributed by atoms with Gasteiger partial charge >= 0.3 is 0 Å². The molecule has 2 aromatic rings. The second-order valence-corrected chi connectivity index (χ2v) is 6.89. The maximum atomic E-state index is 5.23. The van der Waals surface area contributed by atoms with Crippen LogP contribution in [0.2, 0.25) is 0 Å². The summed E-state index contributed by atoms with van der Waals surface area (Å²) in [5, 5.41) is 6.02. The third-order valence-corrected chi connectivity index (χ3v) is 4.17. The lowest BCUT2D eigenvalue weighted by Gasteiger charge is -2.10. The summed E-state index contributed by atoms with van der Waals surface area (Å²) in [5.74, 6) is 2.11. The molecular weight excluding hydrogens is 254 g/mol. The topological polar surface area (TPSA) is 51.8 Å². The molecule has 0 saturated carbocycles. The van der Waals surface area contributed by atoms with Crippen LogP contribution in [0.3, 0.4) is 0 Å². The van der Waals surface area contributed by atoms with Crippen molar-refractivity contribution in [2.45, 2.75) is 43.2 Å². The summed E-state index contributed by atoms with van der Waals surface area (Å²) in [6.45, 7) is 8.16. The average molecular weight is 269 g/mol. The zero-order valence-corrected chi connectivity index (χ0v) is 12.0. The standard InChI is InChI=1S/C11H15N3OS2/c1-7-5-16-10(12-7)17-6-8-13-9(15-14-8)11(2,3)4/h5H,6H2,1-4H3. The Morgan fingerprint density at radius 2 is 2.12 bits per heavy atom. The highest BCUT2D eigenvalue weighted by atomic mass is 32.2. The lowest BCUT2D eigenvalue weighted by molar-refractivity contribution is 0.319. The predicted molar refractivity (Wildman–Crippen MR) is 69.4 cm³/mol. The van der Waals surface area contributed by atoms with E-state index >= 15 is 0 Å². The number of aromatic nitrogens is 3. The molecule has 0 radical (unpaired) electrons. The summed E-state index contributed by atoms with van der Waals surface area (Å²) < 4.78 is 6.28. The molecule has 0 saturated heterocycles. The number of thiazole rings is 1. The summed E-state index contributed by atoms with van der Waals surface area (Å²) in [6, 6.07) is 0. The van der Waals surface area contributed by atoms with Gasteiger partial charge in [-0.15, -0.1) is 11.3 Å². The van der Waals surface area contributed by atoms with Gasteiger partial charge in [0.2, 0.25) is 5.89 Å². The smallest absolute Gasteiger partial charge is 0.232 e. The fraction of sp³-hybridized carbons (Fsp3) is 0.545. The van der Waals surface area contributed by atoms with Gasteiger partial charge in [-0.3, -0.25) is 0 Å². The maximum Gasteiger partial charge on any atom is 0.232 e. The number of hydrogen-bond donors (Lipinski definition) is 0. The third-order valence-electron chi connectivity index (χ3n) is 2.03. The minimum absolute atomic E-state index is 0.0896. The number of nitrogens with zero attached hydrogens (tertiary/aromatic N) is 3. The summed E-state index contributed by atoms with van der Waals surface area (Å²) in [6.07, 6.45) is 0. The normalized spacial score (nSPS) is 12.0. The SMILES string of the molecule is Cc1csc(SCc2noc(C(C)(C)C)n2)n1. The molecule has 0 N–H and O–H groups in total. The van der Waals surface area contributed by atoms with Crippen LogP contribution < -0.4 is 0 Å². The van der Waals surface area contributed by atoms with Crippen molar-refractivity contribution in [3.05, 3.63) is 22.8 Å². The monoisotopic (exact) mass is 269 g/mol. The molecule has 2 aromatic heterocycles. The molecule has 0 atom stereocenters. The maximum absolute atomic E-state index is 5.23. The van der Waals surface area contributed by atoms with Gasteiger partial charge in [0.05, 0.1) is 5.75 Å². The minimum Gasteiger partial charge on any atom is -0.339 e. The number of thioether (sulfide) groups is 1. The van der Waals surface area contributed by atoms with Gasteiger partial charge in [0.25, 0.3) is 0 Å². The zero-order valence-electron chi connectivity index (χ0n) is 10.4. The van der Waals surface area contributed by atoms with E-state index in [2.05, 4.69) is 35.9 Å². The van der Waals surface area contributed by atoms with E-state index in [-0.39, 0.29) is 5.41 Å². The van der Waals surface area contributed by atoms with Crippen LogP contribution in [-0.4, -0.2) is 15.1 Å². The molecule has 0 aliphatic rings. The van der Waals surface area contributed by atoms with Crippen LogP contribution in [-0.2, 0) is 11.2 Å². The van der Waals surface area contributed by atoms with Crippen molar-refractivity contribution in [1.29, 1.82) is 0 Å². The third kappa shape index (κ3) is 3.29. The van der Waals surface area contributed by atoms with E-state index < -0.39 is 0 Å². The molecule has 17 heavy (non-hydrogen) atoms. The van der Waals surface area contributed by atoms with Gasteiger partial charge in [0.15, 0.2) is 10.2 Å². The fourth-order valence-electron chi connectivity index (χ4n) is 1.14.